The van der Waals surface area contributed by atoms with E-state index in [-0.39, 0.29) is 10.8 Å². The summed E-state index contributed by atoms with van der Waals surface area (Å²) < 4.78 is 32.9. The van der Waals surface area contributed by atoms with Crippen LogP contribution < -0.4 is 5.32 Å². The number of rotatable bonds is 7. The smallest absolute Gasteiger partial charge is 0.341 e. The summed E-state index contributed by atoms with van der Waals surface area (Å²) in [5.41, 5.74) is 1.35. The first-order chi connectivity index (χ1) is 15.7. The van der Waals surface area contributed by atoms with Crippen molar-refractivity contribution < 1.29 is 22.7 Å². The zero-order valence-electron chi connectivity index (χ0n) is 19.0. The van der Waals surface area contributed by atoms with Gasteiger partial charge in [0.2, 0.25) is 5.91 Å². The normalized spacial score (nSPS) is 19.6. The van der Waals surface area contributed by atoms with Gasteiger partial charge in [0.05, 0.1) is 12.2 Å². The number of carbonyl (C=O) groups excluding carboxylic acids is 2. The number of amides is 1. The van der Waals surface area contributed by atoms with Crippen LogP contribution in [0.2, 0.25) is 0 Å². The Kier molecular flexibility index (Phi) is 7.25. The van der Waals surface area contributed by atoms with Gasteiger partial charge in [0.1, 0.15) is 15.3 Å². The van der Waals surface area contributed by atoms with Gasteiger partial charge in [0.25, 0.3) is 10.0 Å². The number of nitrogens with one attached hydrogen (secondary N) is 1. The number of esters is 1. The van der Waals surface area contributed by atoms with Crippen LogP contribution in [0.3, 0.4) is 0 Å². The van der Waals surface area contributed by atoms with Crippen molar-refractivity contribution in [2.24, 2.45) is 0 Å². The van der Waals surface area contributed by atoms with Crippen LogP contribution in [-0.2, 0) is 32.5 Å². The fourth-order valence-electron chi connectivity index (χ4n) is 4.38. The number of nitrogens with zero attached hydrogens (tertiary/aromatic N) is 2. The SMILES string of the molecule is CCOC(=O)c1c(NC(=O)C2CCCN2S(=O)(=O)c2cccs2)sc2c1CCN(C(C)C)C2. The minimum atomic E-state index is -3.74. The van der Waals surface area contributed by atoms with E-state index in [2.05, 4.69) is 24.1 Å². The molecule has 11 heteroatoms. The molecule has 2 aromatic rings. The van der Waals surface area contributed by atoms with Gasteiger partial charge in [-0.2, -0.15) is 4.31 Å². The maximum absolute atomic E-state index is 13.3. The molecular weight excluding hydrogens is 482 g/mol. The molecule has 180 valence electrons. The predicted molar refractivity (Wildman–Crippen MR) is 129 cm³/mol. The molecule has 1 fully saturated rings. The second-order valence-corrected chi connectivity index (χ2v) is 12.6. The molecule has 33 heavy (non-hydrogen) atoms. The molecule has 2 aliphatic heterocycles. The molecule has 2 aliphatic rings. The molecule has 1 amide bonds. The minimum Gasteiger partial charge on any atom is -0.462 e. The van der Waals surface area contributed by atoms with Crippen LogP contribution in [0.5, 0.6) is 0 Å². The average Bonchev–Trinajstić information content (AvgIpc) is 3.52. The summed E-state index contributed by atoms with van der Waals surface area (Å²) in [5.74, 6) is -0.852. The van der Waals surface area contributed by atoms with Gasteiger partial charge in [0.15, 0.2) is 0 Å². The summed E-state index contributed by atoms with van der Waals surface area (Å²) in [6, 6.07) is 2.81. The van der Waals surface area contributed by atoms with Crippen LogP contribution >= 0.6 is 22.7 Å². The molecule has 0 aromatic carbocycles. The molecule has 1 saturated heterocycles. The number of thiophene rings is 2. The summed E-state index contributed by atoms with van der Waals surface area (Å²) in [7, 11) is -3.74. The van der Waals surface area contributed by atoms with Crippen molar-refractivity contribution in [3.63, 3.8) is 0 Å². The predicted octanol–water partition coefficient (Wildman–Crippen LogP) is 3.54. The fraction of sp³-hybridized carbons (Fsp3) is 0.545. The number of hydrogen-bond donors (Lipinski definition) is 1. The van der Waals surface area contributed by atoms with E-state index in [9.17, 15) is 18.0 Å². The van der Waals surface area contributed by atoms with E-state index in [0.29, 0.717) is 49.0 Å². The maximum Gasteiger partial charge on any atom is 0.341 e. The van der Waals surface area contributed by atoms with Crippen molar-refractivity contribution >= 4 is 49.6 Å². The van der Waals surface area contributed by atoms with Gasteiger partial charge in [-0.15, -0.1) is 22.7 Å². The van der Waals surface area contributed by atoms with Crippen molar-refractivity contribution in [3.05, 3.63) is 33.5 Å². The third kappa shape index (κ3) is 4.74. The number of carbonyl (C=O) groups is 2. The Morgan fingerprint density at radius 1 is 1.30 bits per heavy atom. The van der Waals surface area contributed by atoms with E-state index in [1.807, 2.05) is 0 Å². The Balaban J connectivity index is 1.61. The van der Waals surface area contributed by atoms with Crippen molar-refractivity contribution in [2.45, 2.75) is 62.9 Å². The number of fused-ring (bicyclic) bond motifs is 1. The number of hydrogen-bond acceptors (Lipinski definition) is 8. The lowest BCUT2D eigenvalue weighted by atomic mass is 10.0. The van der Waals surface area contributed by atoms with Crippen LogP contribution in [0, 0.1) is 0 Å². The van der Waals surface area contributed by atoms with E-state index in [1.165, 1.54) is 15.6 Å². The molecule has 0 radical (unpaired) electrons. The summed E-state index contributed by atoms with van der Waals surface area (Å²) in [5, 5.41) is 5.06. The molecule has 4 rings (SSSR count). The van der Waals surface area contributed by atoms with Gasteiger partial charge in [-0.1, -0.05) is 6.07 Å². The molecule has 0 saturated carbocycles. The molecule has 4 heterocycles. The van der Waals surface area contributed by atoms with Crippen LogP contribution in [0.25, 0.3) is 0 Å². The van der Waals surface area contributed by atoms with Crippen LogP contribution in [0.4, 0.5) is 5.00 Å². The van der Waals surface area contributed by atoms with E-state index >= 15 is 0 Å². The third-order valence-electron chi connectivity index (χ3n) is 6.10. The molecule has 0 aliphatic carbocycles. The van der Waals surface area contributed by atoms with E-state index in [4.69, 9.17) is 4.74 Å². The van der Waals surface area contributed by atoms with Gasteiger partial charge < -0.3 is 10.1 Å². The monoisotopic (exact) mass is 511 g/mol. The van der Waals surface area contributed by atoms with Crippen LogP contribution in [0.15, 0.2) is 21.7 Å². The molecule has 8 nitrogen and oxygen atoms in total. The molecule has 2 aromatic heterocycles. The van der Waals surface area contributed by atoms with E-state index in [0.717, 1.165) is 28.3 Å². The van der Waals surface area contributed by atoms with E-state index in [1.54, 1.807) is 24.4 Å². The molecule has 1 atom stereocenters. The Morgan fingerprint density at radius 3 is 2.76 bits per heavy atom. The number of sulfonamides is 1. The van der Waals surface area contributed by atoms with Crippen LogP contribution in [-0.4, -0.2) is 61.3 Å². The highest BCUT2D eigenvalue weighted by atomic mass is 32.2. The zero-order valence-corrected chi connectivity index (χ0v) is 21.4. The first kappa shape index (κ1) is 24.3. The van der Waals surface area contributed by atoms with Gasteiger partial charge >= 0.3 is 5.97 Å². The maximum atomic E-state index is 13.3. The highest BCUT2D eigenvalue weighted by Crippen LogP contribution is 2.39. The minimum absolute atomic E-state index is 0.231. The quantitative estimate of drug-likeness (QED) is 0.571. The topological polar surface area (TPSA) is 96.0 Å². The summed E-state index contributed by atoms with van der Waals surface area (Å²) >= 11 is 2.53. The summed E-state index contributed by atoms with van der Waals surface area (Å²) in [6.07, 6.45) is 1.76. The summed E-state index contributed by atoms with van der Waals surface area (Å²) in [4.78, 5) is 29.5. The lowest BCUT2D eigenvalue weighted by Crippen LogP contribution is -2.42. The number of anilines is 1. The molecule has 0 bridgehead atoms. The molecule has 1 N–H and O–H groups in total. The third-order valence-corrected chi connectivity index (χ3v) is 10.5. The standard InChI is InChI=1S/C22H29N3O5S3/c1-4-30-22(27)19-15-9-11-24(14(2)3)13-17(15)32-21(19)23-20(26)16-7-5-10-25(16)33(28,29)18-8-6-12-31-18/h6,8,12,14,16H,4-5,7,9-11,13H2,1-3H3,(H,23,26). The lowest BCUT2D eigenvalue weighted by molar-refractivity contribution is -0.119. The summed E-state index contributed by atoms with van der Waals surface area (Å²) in [6.45, 7) is 8.10. The molecule has 0 spiro atoms. The van der Waals surface area contributed by atoms with E-state index < -0.39 is 27.9 Å². The largest absolute Gasteiger partial charge is 0.462 e. The van der Waals surface area contributed by atoms with Gasteiger partial charge in [0, 0.05) is 30.6 Å². The van der Waals surface area contributed by atoms with Crippen molar-refractivity contribution in [1.82, 2.24) is 9.21 Å². The van der Waals surface area contributed by atoms with Crippen molar-refractivity contribution in [1.29, 1.82) is 0 Å². The Labute approximate surface area is 202 Å². The molecular formula is C22H29N3O5S3. The Bertz CT molecular complexity index is 1120. The highest BCUT2D eigenvalue weighted by molar-refractivity contribution is 7.91. The van der Waals surface area contributed by atoms with Crippen molar-refractivity contribution in [2.75, 3.05) is 25.0 Å². The van der Waals surface area contributed by atoms with Gasteiger partial charge in [-0.3, -0.25) is 9.69 Å². The fourth-order valence-corrected chi connectivity index (χ4v) is 8.42. The molecule has 1 unspecified atom stereocenters. The average molecular weight is 512 g/mol. The zero-order chi connectivity index (χ0) is 23.8. The van der Waals surface area contributed by atoms with Gasteiger partial charge in [-0.05, 0) is 57.0 Å². The van der Waals surface area contributed by atoms with Gasteiger partial charge in [-0.25, -0.2) is 13.2 Å². The Hall–Kier alpha value is -1.79. The van der Waals surface area contributed by atoms with Crippen molar-refractivity contribution in [3.8, 4) is 0 Å². The highest BCUT2D eigenvalue weighted by Gasteiger charge is 2.41. The first-order valence-electron chi connectivity index (χ1n) is 11.2. The first-order valence-corrected chi connectivity index (χ1v) is 14.3. The van der Waals surface area contributed by atoms with Crippen LogP contribution in [0.1, 0.15) is 54.4 Å². The second-order valence-electron chi connectivity index (χ2n) is 8.44. The lowest BCUT2D eigenvalue weighted by Gasteiger charge is -2.30. The number of ether oxygens (including phenoxy) is 1. The second kappa shape index (κ2) is 9.83. The Morgan fingerprint density at radius 2 is 2.09 bits per heavy atom.